The zero-order valence-electron chi connectivity index (χ0n) is 28.3. The van der Waals surface area contributed by atoms with E-state index in [0.29, 0.717) is 30.0 Å². The number of hydrogen-bond donors (Lipinski definition) is 1. The number of carbonyl (C=O) groups is 3. The highest BCUT2D eigenvalue weighted by Gasteiger charge is 2.22. The highest BCUT2D eigenvalue weighted by molar-refractivity contribution is 6.07. The highest BCUT2D eigenvalue weighted by Crippen LogP contribution is 2.41. The van der Waals surface area contributed by atoms with Gasteiger partial charge in [-0.3, -0.25) is 9.59 Å². The van der Waals surface area contributed by atoms with Crippen molar-refractivity contribution in [1.82, 2.24) is 4.58 Å². The fraction of sp³-hybridized carbons (Fsp3) is 0.119. The monoisotopic (exact) mass is 681 g/mol. The van der Waals surface area contributed by atoms with Crippen LogP contribution in [0.25, 0.3) is 33.4 Å². The van der Waals surface area contributed by atoms with E-state index in [4.69, 9.17) is 19.1 Å². The number of aromatic carboxylic acids is 1. The number of rotatable bonds is 10. The first kappa shape index (κ1) is 35.7. The van der Waals surface area contributed by atoms with Crippen LogP contribution in [0.1, 0.15) is 35.3 Å². The lowest BCUT2D eigenvalue weighted by atomic mass is 9.90. The van der Waals surface area contributed by atoms with Gasteiger partial charge in [-0.25, -0.2) is 0 Å². The minimum Gasteiger partial charge on any atom is -0.545 e. The molecule has 6 rings (SSSR count). The molecule has 0 spiro atoms. The van der Waals surface area contributed by atoms with Gasteiger partial charge in [0.1, 0.15) is 11.3 Å². The summed E-state index contributed by atoms with van der Waals surface area (Å²) >= 11 is 0. The Kier molecular flexibility index (Phi) is 11.7. The van der Waals surface area contributed by atoms with Gasteiger partial charge in [-0.15, -0.1) is 0 Å². The number of ether oxygens (including phenoxy) is 1. The average Bonchev–Trinajstić information content (AvgIpc) is 3.12. The first-order valence-corrected chi connectivity index (χ1v) is 16.2. The Morgan fingerprint density at radius 2 is 1.51 bits per heavy atom. The summed E-state index contributed by atoms with van der Waals surface area (Å²) in [6, 6.07) is 38.5. The van der Waals surface area contributed by atoms with Gasteiger partial charge in [0.2, 0.25) is 11.0 Å². The van der Waals surface area contributed by atoms with Gasteiger partial charge in [0.25, 0.3) is 5.97 Å². The van der Waals surface area contributed by atoms with E-state index in [0.717, 1.165) is 45.6 Å². The van der Waals surface area contributed by atoms with Crippen molar-refractivity contribution in [2.24, 2.45) is 0 Å². The van der Waals surface area contributed by atoms with Crippen LogP contribution in [-0.4, -0.2) is 47.0 Å². The van der Waals surface area contributed by atoms with Crippen molar-refractivity contribution in [2.75, 3.05) is 13.2 Å². The number of nitrogens with zero attached hydrogens (tertiary/aromatic N) is 2. The molecule has 0 atom stereocenters. The number of benzene rings is 5. The fourth-order valence-corrected chi connectivity index (χ4v) is 5.71. The van der Waals surface area contributed by atoms with E-state index in [2.05, 4.69) is 18.7 Å². The molecule has 0 unspecified atom stereocenters. The summed E-state index contributed by atoms with van der Waals surface area (Å²) in [5, 5.41) is 21.3. The van der Waals surface area contributed by atoms with Gasteiger partial charge in [0.15, 0.2) is 32.1 Å². The molecule has 4 aromatic carbocycles. The first-order valence-electron chi connectivity index (χ1n) is 16.2. The Morgan fingerprint density at radius 1 is 0.843 bits per heavy atom. The van der Waals surface area contributed by atoms with Crippen molar-refractivity contribution in [3.05, 3.63) is 156 Å². The van der Waals surface area contributed by atoms with Crippen LogP contribution in [0.5, 0.6) is 0 Å². The van der Waals surface area contributed by atoms with Crippen LogP contribution in [0.15, 0.2) is 139 Å². The van der Waals surface area contributed by atoms with Gasteiger partial charge >= 0.3 is 5.97 Å². The van der Waals surface area contributed by atoms with E-state index in [-0.39, 0.29) is 18.1 Å². The molecule has 2 aliphatic rings. The van der Waals surface area contributed by atoms with E-state index in [1.807, 2.05) is 106 Å². The summed E-state index contributed by atoms with van der Waals surface area (Å²) in [5.41, 5.74) is 5.57. The molecule has 1 aliphatic carbocycles. The Labute approximate surface area is 295 Å². The van der Waals surface area contributed by atoms with Gasteiger partial charge in [-0.05, 0) is 36.4 Å². The number of carbonyl (C=O) groups excluding carboxylic acids is 2. The van der Waals surface area contributed by atoms with Crippen molar-refractivity contribution < 1.29 is 38.3 Å². The Balaban J connectivity index is 0.00000120. The molecule has 0 radical (unpaired) electrons. The molecule has 1 aliphatic heterocycles. The number of carboxylic acids is 2. The third-order valence-electron chi connectivity index (χ3n) is 7.93. The van der Waals surface area contributed by atoms with Crippen LogP contribution < -0.4 is 15.0 Å². The van der Waals surface area contributed by atoms with Crippen molar-refractivity contribution in [3.8, 4) is 22.5 Å². The molecule has 0 saturated carbocycles. The summed E-state index contributed by atoms with van der Waals surface area (Å²) in [7, 11) is 0. The minimum absolute atomic E-state index is 0.0895. The molecular weight excluding hydrogens is 644 g/mol. The molecule has 1 heterocycles. The smallest absolute Gasteiger partial charge is 0.302 e. The second-order valence-electron chi connectivity index (χ2n) is 11.6. The number of carboxylic acid groups (broad SMARTS) is 2. The summed E-state index contributed by atoms with van der Waals surface area (Å²) in [6.07, 6.45) is 3.77. The van der Waals surface area contributed by atoms with Crippen LogP contribution in [0.4, 0.5) is 5.69 Å². The molecule has 0 aromatic heterocycles. The third kappa shape index (κ3) is 9.10. The van der Waals surface area contributed by atoms with E-state index in [1.165, 1.54) is 6.92 Å². The Hall–Kier alpha value is -6.61. The van der Waals surface area contributed by atoms with Crippen LogP contribution in [0.3, 0.4) is 0 Å². The maximum Gasteiger partial charge on any atom is 0.302 e. The number of hydrogen-bond acceptors (Lipinski definition) is 6. The number of fused-ring (bicyclic) bond motifs is 2. The topological polar surface area (TPSA) is 123 Å². The van der Waals surface area contributed by atoms with Gasteiger partial charge in [-0.1, -0.05) is 72.8 Å². The molecule has 1 N–H and O–H groups in total. The molecular formula is C42H37N2O7+. The summed E-state index contributed by atoms with van der Waals surface area (Å²) in [5.74, 6) is -1.86. The quantitative estimate of drug-likeness (QED) is 0.0803. The zero-order valence-corrected chi connectivity index (χ0v) is 28.3. The SMILES string of the molecule is C=C[N+](Cc1ccccc1)=c1ccc2c(-c3ccccc3C(=O)[O-])c3ccc([N+](=Cc4ccccc4)CCOC(C)=O)cc3oc-2c1.CC(=O)O. The van der Waals surface area contributed by atoms with Crippen molar-refractivity contribution in [1.29, 1.82) is 0 Å². The normalized spacial score (nSPS) is 11.7. The third-order valence-corrected chi connectivity index (χ3v) is 7.93. The lowest BCUT2D eigenvalue weighted by Gasteiger charge is -2.18. The summed E-state index contributed by atoms with van der Waals surface area (Å²) in [4.78, 5) is 32.8. The van der Waals surface area contributed by atoms with Gasteiger partial charge in [-0.2, -0.15) is 9.15 Å². The molecule has 51 heavy (non-hydrogen) atoms. The zero-order chi connectivity index (χ0) is 36.3. The van der Waals surface area contributed by atoms with Gasteiger partial charge in [0.05, 0.1) is 18.1 Å². The number of esters is 1. The minimum atomic E-state index is -1.26. The van der Waals surface area contributed by atoms with Crippen LogP contribution in [-0.2, 0) is 20.9 Å². The number of aliphatic carboxylic acids is 1. The standard InChI is InChI=1S/C40H33N2O5.C2H4O2/c1-3-41(26-29-12-6-4-7-13-29)31-18-20-35-37(24-31)47-38-25-32(42(22-23-46-28(2)43)27-30-14-8-5-9-15-30)19-21-36(38)39(35)33-16-10-11-17-34(33)40(44)45;1-2(3)4/h3-21,24-25,27H,1,22-23,26H2,2H3;1H3,(H,3,4)/q+1;. The highest BCUT2D eigenvalue weighted by atomic mass is 16.5. The maximum atomic E-state index is 12.3. The largest absolute Gasteiger partial charge is 0.545 e. The second kappa shape index (κ2) is 16.7. The molecule has 0 fully saturated rings. The van der Waals surface area contributed by atoms with E-state index in [9.17, 15) is 14.7 Å². The van der Waals surface area contributed by atoms with Crippen LogP contribution in [0.2, 0.25) is 0 Å². The maximum absolute atomic E-state index is 12.3. The summed E-state index contributed by atoms with van der Waals surface area (Å²) < 4.78 is 15.9. The molecule has 9 heteroatoms. The lowest BCUT2D eigenvalue weighted by Crippen LogP contribution is -2.24. The Morgan fingerprint density at radius 3 is 2.18 bits per heavy atom. The van der Waals surface area contributed by atoms with Crippen molar-refractivity contribution in [2.45, 2.75) is 20.4 Å². The molecule has 256 valence electrons. The molecule has 4 aromatic rings. The van der Waals surface area contributed by atoms with E-state index >= 15 is 0 Å². The molecule has 0 amide bonds. The summed E-state index contributed by atoms with van der Waals surface area (Å²) in [6.45, 7) is 7.73. The molecule has 9 nitrogen and oxygen atoms in total. The molecule has 0 bridgehead atoms. The van der Waals surface area contributed by atoms with Crippen LogP contribution >= 0.6 is 0 Å². The van der Waals surface area contributed by atoms with Crippen molar-refractivity contribution >= 4 is 40.8 Å². The predicted molar refractivity (Wildman–Crippen MR) is 195 cm³/mol. The lowest BCUT2D eigenvalue weighted by molar-refractivity contribution is -0.438. The Bertz CT molecular complexity index is 2270. The van der Waals surface area contributed by atoms with Crippen LogP contribution in [0, 0.1) is 0 Å². The van der Waals surface area contributed by atoms with E-state index < -0.39 is 11.9 Å². The predicted octanol–water partition coefficient (Wildman–Crippen LogP) is 6.10. The van der Waals surface area contributed by atoms with Crippen molar-refractivity contribution in [3.63, 3.8) is 0 Å². The second-order valence-corrected chi connectivity index (χ2v) is 11.6. The molecule has 0 saturated heterocycles. The van der Waals surface area contributed by atoms with Gasteiger partial charge in [0, 0.05) is 59.2 Å². The first-order chi connectivity index (χ1) is 24.6. The average molecular weight is 682 g/mol. The van der Waals surface area contributed by atoms with E-state index in [1.54, 1.807) is 24.4 Å². The van der Waals surface area contributed by atoms with Gasteiger partial charge < -0.3 is 24.2 Å². The fourth-order valence-electron chi connectivity index (χ4n) is 5.71.